The summed E-state index contributed by atoms with van der Waals surface area (Å²) < 4.78 is 38.4. The van der Waals surface area contributed by atoms with Gasteiger partial charge in [-0.05, 0) is 6.42 Å². The van der Waals surface area contributed by atoms with Crippen LogP contribution >= 0.6 is 0 Å². The lowest BCUT2D eigenvalue weighted by Crippen LogP contribution is -2.18. The van der Waals surface area contributed by atoms with Crippen LogP contribution in [0.3, 0.4) is 0 Å². The second-order valence-corrected chi connectivity index (χ2v) is 2.16. The van der Waals surface area contributed by atoms with E-state index in [0.29, 0.717) is 0 Å². The lowest BCUT2D eigenvalue weighted by molar-refractivity contribution is -0.165. The zero-order chi connectivity index (χ0) is 10.5. The van der Waals surface area contributed by atoms with Crippen molar-refractivity contribution >= 4 is 11.9 Å². The van der Waals surface area contributed by atoms with E-state index in [1.807, 2.05) is 0 Å². The molecule has 0 saturated heterocycles. The molecule has 0 radical (unpaired) electrons. The van der Waals surface area contributed by atoms with Gasteiger partial charge in [0.15, 0.2) is 0 Å². The van der Waals surface area contributed by atoms with Crippen LogP contribution in [0.15, 0.2) is 0 Å². The molecule has 4 nitrogen and oxygen atoms in total. The van der Waals surface area contributed by atoms with E-state index in [4.69, 9.17) is 5.11 Å². The van der Waals surface area contributed by atoms with E-state index in [1.54, 1.807) is 0 Å². The maximum absolute atomic E-state index is 11.5. The molecule has 0 unspecified atom stereocenters. The van der Waals surface area contributed by atoms with Crippen LogP contribution in [0.25, 0.3) is 0 Å². The molecule has 0 aliphatic carbocycles. The molecule has 0 heterocycles. The Labute approximate surface area is 71.3 Å². The quantitative estimate of drug-likeness (QED) is 0.418. The normalized spacial score (nSPS) is 11.0. The first-order chi connectivity index (χ1) is 5.83. The molecule has 13 heavy (non-hydrogen) atoms. The number of hydrogen-bond donors (Lipinski definition) is 1. The fraction of sp³-hybridized carbons (Fsp3) is 0.667. The summed E-state index contributed by atoms with van der Waals surface area (Å²) in [7, 11) is 0. The maximum Gasteiger partial charge on any atom is 0.417 e. The smallest absolute Gasteiger partial charge is 0.417 e. The molecule has 0 aromatic rings. The van der Waals surface area contributed by atoms with Gasteiger partial charge >= 0.3 is 18.1 Å². The highest BCUT2D eigenvalue weighted by Crippen LogP contribution is 2.20. The molecule has 0 bridgehead atoms. The number of alkyl halides is 3. The Kier molecular flexibility index (Phi) is 4.22. The molecule has 0 aromatic carbocycles. The van der Waals surface area contributed by atoms with Crippen molar-refractivity contribution in [2.24, 2.45) is 0 Å². The van der Waals surface area contributed by atoms with Crippen molar-refractivity contribution in [1.29, 1.82) is 0 Å². The number of hydrogen-bond acceptors (Lipinski definition) is 3. The van der Waals surface area contributed by atoms with Gasteiger partial charge in [-0.3, -0.25) is 0 Å². The molecule has 1 N–H and O–H groups in total. The van der Waals surface area contributed by atoms with Crippen LogP contribution in [0.2, 0.25) is 0 Å². The van der Waals surface area contributed by atoms with Crippen molar-refractivity contribution in [2.45, 2.75) is 19.0 Å². The molecular formula is C6H7F3O4. The first kappa shape index (κ1) is 11.7. The summed E-state index contributed by atoms with van der Waals surface area (Å²) in [6.07, 6.45) is -5.84. The van der Waals surface area contributed by atoms with E-state index < -0.39 is 37.6 Å². The van der Waals surface area contributed by atoms with Crippen molar-refractivity contribution < 1.29 is 32.6 Å². The standard InChI is InChI=1S/C6H7F3O4/c7-6(8,9)2-1-3-13-5(12)4(10)11/h1-3H2,(H,10,11). The molecule has 76 valence electrons. The molecule has 0 spiro atoms. The molecule has 0 aliphatic heterocycles. The third-order valence-electron chi connectivity index (χ3n) is 1.01. The van der Waals surface area contributed by atoms with Crippen molar-refractivity contribution in [3.63, 3.8) is 0 Å². The number of carbonyl (C=O) groups is 2. The van der Waals surface area contributed by atoms with Crippen LogP contribution in [0.5, 0.6) is 0 Å². The predicted molar refractivity (Wildman–Crippen MR) is 33.9 cm³/mol. The highest BCUT2D eigenvalue weighted by atomic mass is 19.4. The van der Waals surface area contributed by atoms with Crippen LogP contribution < -0.4 is 0 Å². The fourth-order valence-electron chi connectivity index (χ4n) is 0.499. The maximum atomic E-state index is 11.5. The summed E-state index contributed by atoms with van der Waals surface area (Å²) in [6.45, 7) is -0.537. The van der Waals surface area contributed by atoms with Gasteiger partial charge in [-0.25, -0.2) is 9.59 Å². The molecule has 0 aromatic heterocycles. The average Bonchev–Trinajstić information content (AvgIpc) is 1.95. The minimum Gasteiger partial charge on any atom is -0.473 e. The number of rotatable bonds is 3. The lowest BCUT2D eigenvalue weighted by atomic mass is 10.3. The van der Waals surface area contributed by atoms with E-state index >= 15 is 0 Å². The second-order valence-electron chi connectivity index (χ2n) is 2.16. The summed E-state index contributed by atoms with van der Waals surface area (Å²) >= 11 is 0. The van der Waals surface area contributed by atoms with E-state index in [2.05, 4.69) is 4.74 Å². The van der Waals surface area contributed by atoms with Gasteiger partial charge in [-0.2, -0.15) is 13.2 Å². The van der Waals surface area contributed by atoms with Crippen LogP contribution in [0.1, 0.15) is 12.8 Å². The van der Waals surface area contributed by atoms with Gasteiger partial charge in [-0.15, -0.1) is 0 Å². The second kappa shape index (κ2) is 4.68. The van der Waals surface area contributed by atoms with Crippen LogP contribution in [0, 0.1) is 0 Å². The predicted octanol–water partition coefficient (Wildman–Crippen LogP) is 0.957. The van der Waals surface area contributed by atoms with Gasteiger partial charge in [-0.1, -0.05) is 0 Å². The Morgan fingerprint density at radius 1 is 1.31 bits per heavy atom. The first-order valence-corrected chi connectivity index (χ1v) is 3.30. The third kappa shape index (κ3) is 7.10. The van der Waals surface area contributed by atoms with Crippen molar-refractivity contribution in [3.8, 4) is 0 Å². The highest BCUT2D eigenvalue weighted by molar-refractivity contribution is 6.28. The number of carboxylic acid groups (broad SMARTS) is 1. The zero-order valence-electron chi connectivity index (χ0n) is 6.43. The van der Waals surface area contributed by atoms with E-state index in [0.717, 1.165) is 0 Å². The van der Waals surface area contributed by atoms with Gasteiger partial charge < -0.3 is 9.84 Å². The molecule has 0 saturated carbocycles. The summed E-state index contributed by atoms with van der Waals surface area (Å²) in [5.41, 5.74) is 0. The fourth-order valence-corrected chi connectivity index (χ4v) is 0.499. The van der Waals surface area contributed by atoms with Gasteiger partial charge in [0.1, 0.15) is 0 Å². The Bertz CT molecular complexity index is 199. The number of ether oxygens (including phenoxy) is 1. The van der Waals surface area contributed by atoms with Crippen LogP contribution in [0.4, 0.5) is 13.2 Å². The largest absolute Gasteiger partial charge is 0.473 e. The van der Waals surface area contributed by atoms with Gasteiger partial charge in [0.05, 0.1) is 6.61 Å². The number of carboxylic acids is 1. The first-order valence-electron chi connectivity index (χ1n) is 3.30. The molecule has 0 aliphatic rings. The molecule has 0 fully saturated rings. The Balaban J connectivity index is 3.47. The van der Waals surface area contributed by atoms with Crippen molar-refractivity contribution in [3.05, 3.63) is 0 Å². The van der Waals surface area contributed by atoms with Crippen LogP contribution in [-0.4, -0.2) is 29.8 Å². The topological polar surface area (TPSA) is 63.6 Å². The minimum absolute atomic E-state index is 0.428. The third-order valence-corrected chi connectivity index (χ3v) is 1.01. The Morgan fingerprint density at radius 3 is 2.23 bits per heavy atom. The molecule has 0 atom stereocenters. The van der Waals surface area contributed by atoms with Gasteiger partial charge in [0.2, 0.25) is 0 Å². The molecule has 0 amide bonds. The summed E-state index contributed by atoms with van der Waals surface area (Å²) in [5, 5.41) is 7.94. The zero-order valence-corrected chi connectivity index (χ0v) is 6.43. The number of aliphatic carboxylic acids is 1. The number of carbonyl (C=O) groups excluding carboxylic acids is 1. The summed E-state index contributed by atoms with van der Waals surface area (Å²) in [6, 6.07) is 0. The van der Waals surface area contributed by atoms with E-state index in [-0.39, 0.29) is 0 Å². The Hall–Kier alpha value is -1.27. The molecular weight excluding hydrogens is 193 g/mol. The van der Waals surface area contributed by atoms with Crippen molar-refractivity contribution in [2.75, 3.05) is 6.61 Å². The van der Waals surface area contributed by atoms with E-state index in [1.165, 1.54) is 0 Å². The van der Waals surface area contributed by atoms with Gasteiger partial charge in [0.25, 0.3) is 0 Å². The van der Waals surface area contributed by atoms with E-state index in [9.17, 15) is 22.8 Å². The van der Waals surface area contributed by atoms with Crippen molar-refractivity contribution in [1.82, 2.24) is 0 Å². The highest BCUT2D eigenvalue weighted by Gasteiger charge is 2.26. The summed E-state index contributed by atoms with van der Waals surface area (Å²) in [4.78, 5) is 20.0. The Morgan fingerprint density at radius 2 is 1.85 bits per heavy atom. The molecule has 0 rings (SSSR count). The summed E-state index contributed by atoms with van der Waals surface area (Å²) in [5.74, 6) is -3.35. The SMILES string of the molecule is O=C(O)C(=O)OCCCC(F)(F)F. The van der Waals surface area contributed by atoms with Gasteiger partial charge in [0, 0.05) is 6.42 Å². The number of esters is 1. The number of halogens is 3. The molecule has 7 heteroatoms. The average molecular weight is 200 g/mol. The van der Waals surface area contributed by atoms with Crippen LogP contribution in [-0.2, 0) is 14.3 Å². The monoisotopic (exact) mass is 200 g/mol. The minimum atomic E-state index is -4.31. The lowest BCUT2D eigenvalue weighted by Gasteiger charge is -2.05.